The molecule has 1 atom stereocenters. The number of carbonyl (C=O) groups excluding carboxylic acids is 1. The molecule has 4 nitrogen and oxygen atoms in total. The lowest BCUT2D eigenvalue weighted by Gasteiger charge is -2.32. The average Bonchev–Trinajstić information content (AvgIpc) is 2.94. The van der Waals surface area contributed by atoms with Gasteiger partial charge in [0.05, 0.1) is 0 Å². The molecule has 1 fully saturated rings. The molecule has 0 radical (unpaired) electrons. The predicted octanol–water partition coefficient (Wildman–Crippen LogP) is 3.42. The van der Waals surface area contributed by atoms with Gasteiger partial charge in [0.1, 0.15) is 5.75 Å². The molecule has 0 saturated carbocycles. The van der Waals surface area contributed by atoms with Gasteiger partial charge in [-0.1, -0.05) is 6.07 Å². The number of benzene rings is 1. The second-order valence-corrected chi connectivity index (χ2v) is 6.86. The zero-order valence-corrected chi connectivity index (χ0v) is 14.2. The number of ether oxygens (including phenoxy) is 1. The molecule has 1 aromatic carbocycles. The van der Waals surface area contributed by atoms with Crippen LogP contribution in [0.4, 0.5) is 13.2 Å². The number of nitrogens with zero attached hydrogens (tertiary/aromatic N) is 1. The molecule has 1 N–H and O–H groups in total. The highest BCUT2D eigenvalue weighted by Crippen LogP contribution is 2.35. The van der Waals surface area contributed by atoms with Gasteiger partial charge in [-0.2, -0.15) is 0 Å². The maximum Gasteiger partial charge on any atom is 0.573 e. The number of hydrogen-bond acceptors (Lipinski definition) is 3. The van der Waals surface area contributed by atoms with Gasteiger partial charge in [-0.25, -0.2) is 0 Å². The Labute approximate surface area is 145 Å². The lowest BCUT2D eigenvalue weighted by atomic mass is 9.96. The van der Waals surface area contributed by atoms with Gasteiger partial charge in [0.2, 0.25) is 5.91 Å². The van der Waals surface area contributed by atoms with E-state index in [9.17, 15) is 18.0 Å². The Morgan fingerprint density at radius 3 is 2.64 bits per heavy atom. The molecule has 2 aliphatic rings. The zero-order chi connectivity index (χ0) is 18.0. The third-order valence-electron chi connectivity index (χ3n) is 5.14. The maximum atomic E-state index is 12.4. The van der Waals surface area contributed by atoms with E-state index < -0.39 is 6.36 Å². The summed E-state index contributed by atoms with van der Waals surface area (Å²) in [6.45, 7) is 3.98. The molecule has 138 valence electrons. The Balaban J connectivity index is 1.56. The van der Waals surface area contributed by atoms with Crippen LogP contribution in [0.1, 0.15) is 43.4 Å². The summed E-state index contributed by atoms with van der Waals surface area (Å²) in [6, 6.07) is 4.68. The van der Waals surface area contributed by atoms with Crippen molar-refractivity contribution in [2.45, 2.75) is 45.0 Å². The van der Waals surface area contributed by atoms with Crippen LogP contribution in [0.3, 0.4) is 0 Å². The molecule has 0 aromatic heterocycles. The second kappa shape index (κ2) is 7.23. The first kappa shape index (κ1) is 18.0. The number of piperidine rings is 1. The first-order valence-electron chi connectivity index (χ1n) is 8.69. The number of halogens is 3. The van der Waals surface area contributed by atoms with Crippen molar-refractivity contribution >= 4 is 5.91 Å². The van der Waals surface area contributed by atoms with Crippen LogP contribution in [0.2, 0.25) is 0 Å². The minimum Gasteiger partial charge on any atom is -0.406 e. The molecule has 1 amide bonds. The molecule has 1 aliphatic heterocycles. The van der Waals surface area contributed by atoms with Gasteiger partial charge in [-0.3, -0.25) is 4.79 Å². The Kier molecular flexibility index (Phi) is 5.22. The summed E-state index contributed by atoms with van der Waals surface area (Å²) in [4.78, 5) is 13.2. The molecule has 25 heavy (non-hydrogen) atoms. The fourth-order valence-corrected chi connectivity index (χ4v) is 3.75. The summed E-state index contributed by atoms with van der Waals surface area (Å²) in [5.41, 5.74) is 1.99. The summed E-state index contributed by atoms with van der Waals surface area (Å²) in [6.07, 6.45) is -0.994. The van der Waals surface area contributed by atoms with E-state index in [0.29, 0.717) is 5.92 Å². The maximum absolute atomic E-state index is 12.4. The summed E-state index contributed by atoms with van der Waals surface area (Å²) >= 11 is 0. The Bertz CT molecular complexity index is 625. The number of nitrogens with one attached hydrogen (secondary N) is 1. The first-order valence-corrected chi connectivity index (χ1v) is 8.69. The van der Waals surface area contributed by atoms with Crippen LogP contribution in [-0.4, -0.2) is 36.8 Å². The lowest BCUT2D eigenvalue weighted by molar-refractivity contribution is -0.274. The third kappa shape index (κ3) is 4.66. The largest absolute Gasteiger partial charge is 0.573 e. The normalized spacial score (nSPS) is 21.3. The van der Waals surface area contributed by atoms with Crippen molar-refractivity contribution in [1.82, 2.24) is 10.2 Å². The zero-order valence-electron chi connectivity index (χ0n) is 14.2. The SMILES string of the molecule is CC(=O)N1CCC(CNC2CCc3ccc(OC(F)(F)F)cc32)CC1. The topological polar surface area (TPSA) is 41.6 Å². The van der Waals surface area contributed by atoms with Gasteiger partial charge in [0.15, 0.2) is 0 Å². The third-order valence-corrected chi connectivity index (χ3v) is 5.14. The first-order chi connectivity index (χ1) is 11.8. The molecular formula is C18H23F3N2O2. The number of likely N-dealkylation sites (tertiary alicyclic amines) is 1. The lowest BCUT2D eigenvalue weighted by Crippen LogP contribution is -2.40. The van der Waals surface area contributed by atoms with Gasteiger partial charge in [0.25, 0.3) is 0 Å². The van der Waals surface area contributed by atoms with E-state index in [1.165, 1.54) is 12.1 Å². The smallest absolute Gasteiger partial charge is 0.406 e. The van der Waals surface area contributed by atoms with Crippen LogP contribution in [0.25, 0.3) is 0 Å². The van der Waals surface area contributed by atoms with Gasteiger partial charge < -0.3 is 15.0 Å². The summed E-state index contributed by atoms with van der Waals surface area (Å²) in [7, 11) is 0. The Hall–Kier alpha value is -1.76. The highest BCUT2D eigenvalue weighted by atomic mass is 19.4. The van der Waals surface area contributed by atoms with Crippen LogP contribution in [0.5, 0.6) is 5.75 Å². The van der Waals surface area contributed by atoms with E-state index in [1.54, 1.807) is 13.0 Å². The number of aryl methyl sites for hydroxylation is 1. The molecular weight excluding hydrogens is 333 g/mol. The van der Waals surface area contributed by atoms with Crippen molar-refractivity contribution < 1.29 is 22.7 Å². The molecule has 1 saturated heterocycles. The molecule has 1 aliphatic carbocycles. The van der Waals surface area contributed by atoms with Crippen molar-refractivity contribution in [3.63, 3.8) is 0 Å². The Morgan fingerprint density at radius 2 is 2.00 bits per heavy atom. The minimum absolute atomic E-state index is 0.0672. The van der Waals surface area contributed by atoms with Crippen LogP contribution in [-0.2, 0) is 11.2 Å². The van der Waals surface area contributed by atoms with Crippen LogP contribution >= 0.6 is 0 Å². The molecule has 1 heterocycles. The van der Waals surface area contributed by atoms with E-state index in [0.717, 1.165) is 56.4 Å². The number of amides is 1. The van der Waals surface area contributed by atoms with Gasteiger partial charge in [0, 0.05) is 26.1 Å². The van der Waals surface area contributed by atoms with Gasteiger partial charge >= 0.3 is 6.36 Å². The standard InChI is InChI=1S/C18H23F3N2O2/c1-12(24)23-8-6-13(7-9-23)11-22-17-5-3-14-2-4-15(10-16(14)17)25-18(19,20)21/h2,4,10,13,17,22H,3,5-9,11H2,1H3. The molecule has 1 aromatic rings. The molecule has 0 spiro atoms. The quantitative estimate of drug-likeness (QED) is 0.899. The minimum atomic E-state index is -4.67. The predicted molar refractivity (Wildman–Crippen MR) is 87.2 cm³/mol. The van der Waals surface area contributed by atoms with Crippen molar-refractivity contribution in [2.24, 2.45) is 5.92 Å². The van der Waals surface area contributed by atoms with E-state index in [4.69, 9.17) is 0 Å². The fourth-order valence-electron chi connectivity index (χ4n) is 3.75. The summed E-state index contributed by atoms with van der Waals surface area (Å²) in [5, 5.41) is 3.50. The van der Waals surface area contributed by atoms with Gasteiger partial charge in [-0.15, -0.1) is 13.2 Å². The number of rotatable bonds is 4. The Morgan fingerprint density at radius 1 is 1.28 bits per heavy atom. The summed E-state index contributed by atoms with van der Waals surface area (Å²) < 4.78 is 41.3. The molecule has 3 rings (SSSR count). The van der Waals surface area contributed by atoms with Crippen molar-refractivity contribution in [2.75, 3.05) is 19.6 Å². The van der Waals surface area contributed by atoms with E-state index in [2.05, 4.69) is 10.1 Å². The molecule has 0 bridgehead atoms. The highest BCUT2D eigenvalue weighted by Gasteiger charge is 2.32. The van der Waals surface area contributed by atoms with E-state index in [1.807, 2.05) is 4.90 Å². The highest BCUT2D eigenvalue weighted by molar-refractivity contribution is 5.73. The number of fused-ring (bicyclic) bond motifs is 1. The fraction of sp³-hybridized carbons (Fsp3) is 0.611. The molecule has 1 unspecified atom stereocenters. The number of hydrogen-bond donors (Lipinski definition) is 1. The van der Waals surface area contributed by atoms with E-state index in [-0.39, 0.29) is 17.7 Å². The van der Waals surface area contributed by atoms with Crippen molar-refractivity contribution in [3.05, 3.63) is 29.3 Å². The van der Waals surface area contributed by atoms with Crippen molar-refractivity contribution in [3.8, 4) is 5.75 Å². The summed E-state index contributed by atoms with van der Waals surface area (Å²) in [5.74, 6) is 0.456. The second-order valence-electron chi connectivity index (χ2n) is 6.86. The monoisotopic (exact) mass is 356 g/mol. The van der Waals surface area contributed by atoms with E-state index >= 15 is 0 Å². The number of alkyl halides is 3. The number of carbonyl (C=O) groups is 1. The van der Waals surface area contributed by atoms with Crippen LogP contribution < -0.4 is 10.1 Å². The van der Waals surface area contributed by atoms with Gasteiger partial charge in [-0.05, 0) is 61.4 Å². The van der Waals surface area contributed by atoms with Crippen LogP contribution in [0, 0.1) is 5.92 Å². The van der Waals surface area contributed by atoms with Crippen molar-refractivity contribution in [1.29, 1.82) is 0 Å². The molecule has 7 heteroatoms. The van der Waals surface area contributed by atoms with Crippen LogP contribution in [0.15, 0.2) is 18.2 Å². The average molecular weight is 356 g/mol.